The van der Waals surface area contributed by atoms with Crippen LogP contribution in [0.25, 0.3) is 11.1 Å². The molecule has 13 heteroatoms. The first kappa shape index (κ1) is 33.0. The molecule has 2 aliphatic heterocycles. The van der Waals surface area contributed by atoms with E-state index in [0.717, 1.165) is 0 Å². The molecule has 250 valence electrons. The average Bonchev–Trinajstić information content (AvgIpc) is 3.08. The number of ether oxygens (including phenoxy) is 3. The van der Waals surface area contributed by atoms with Crippen LogP contribution in [0.3, 0.4) is 0 Å². The van der Waals surface area contributed by atoms with Gasteiger partial charge in [-0.1, -0.05) is 54.6 Å². The summed E-state index contributed by atoms with van der Waals surface area (Å²) in [6.45, 7) is -0.326. The minimum Gasteiger partial charge on any atom is -0.508 e. The Kier molecular flexibility index (Phi) is 9.42. The normalized spacial score (nSPS) is 26.1. The zero-order chi connectivity index (χ0) is 34.1. The van der Waals surface area contributed by atoms with E-state index >= 15 is 0 Å². The fourth-order valence-electron chi connectivity index (χ4n) is 5.80. The number of rotatable bonds is 10. The number of hydrogen-bond acceptors (Lipinski definition) is 10. The van der Waals surface area contributed by atoms with E-state index in [4.69, 9.17) is 14.2 Å². The number of benzene rings is 4. The van der Waals surface area contributed by atoms with Gasteiger partial charge in [-0.15, -0.1) is 0 Å². The fourth-order valence-corrected chi connectivity index (χ4v) is 5.80. The molecule has 2 saturated heterocycles. The lowest BCUT2D eigenvalue weighted by molar-refractivity contribution is -0.271. The summed E-state index contributed by atoms with van der Waals surface area (Å²) in [5.74, 6) is -2.54. The number of β-lactam (4-membered cyclic amide) rings is 1. The number of aliphatic hydroxyl groups excluding tert-OH is 4. The number of carboxylic acids is 1. The summed E-state index contributed by atoms with van der Waals surface area (Å²) in [7, 11) is 0. The van der Waals surface area contributed by atoms with Gasteiger partial charge >= 0.3 is 5.97 Å². The van der Waals surface area contributed by atoms with Crippen LogP contribution in [0.2, 0.25) is 0 Å². The number of amides is 1. The molecule has 2 heterocycles. The smallest absolute Gasteiger partial charge is 0.335 e. The number of para-hydroxylation sites is 1. The van der Waals surface area contributed by atoms with E-state index < -0.39 is 66.6 Å². The number of carbonyl (C=O) groups is 2. The lowest BCUT2D eigenvalue weighted by Crippen LogP contribution is -2.62. The number of anilines is 1. The third kappa shape index (κ3) is 6.47. The maximum atomic E-state index is 13.6. The lowest BCUT2D eigenvalue weighted by atomic mass is 9.87. The molecule has 2 fully saturated rings. The third-order valence-electron chi connectivity index (χ3n) is 8.34. The van der Waals surface area contributed by atoms with E-state index in [0.29, 0.717) is 27.9 Å². The Morgan fingerprint density at radius 2 is 1.58 bits per heavy atom. The summed E-state index contributed by atoms with van der Waals surface area (Å²) >= 11 is 0. The van der Waals surface area contributed by atoms with Gasteiger partial charge in [0.15, 0.2) is 12.2 Å². The molecule has 0 aliphatic carbocycles. The van der Waals surface area contributed by atoms with Crippen LogP contribution >= 0.6 is 0 Å². The summed E-state index contributed by atoms with van der Waals surface area (Å²) in [5, 5.41) is 61.8. The SMILES string of the molecule is O=C(O)C1O[C@@H](Oc2cc(-c3cccc(O)c3)ccc2[C@@H]2[C@@H](OC[C@H](O)c3ccc(F)cc3)C(=O)N2c2ccccc2)C(O)C(O)C1O. The maximum Gasteiger partial charge on any atom is 0.335 e. The highest BCUT2D eigenvalue weighted by Crippen LogP contribution is 2.46. The van der Waals surface area contributed by atoms with Crippen LogP contribution in [-0.4, -0.2) is 85.9 Å². The number of aliphatic hydroxyl groups is 4. The predicted molar refractivity (Wildman–Crippen MR) is 166 cm³/mol. The fraction of sp³-hybridized carbons (Fsp3) is 0.257. The zero-order valence-corrected chi connectivity index (χ0v) is 25.1. The Morgan fingerprint density at radius 3 is 2.27 bits per heavy atom. The number of nitrogens with zero attached hydrogens (tertiary/aromatic N) is 1. The van der Waals surface area contributed by atoms with Crippen molar-refractivity contribution in [1.82, 2.24) is 0 Å². The summed E-state index contributed by atoms with van der Waals surface area (Å²) in [4.78, 5) is 26.9. The largest absolute Gasteiger partial charge is 0.508 e. The molecular formula is C35H32FNO11. The van der Waals surface area contributed by atoms with Crippen molar-refractivity contribution >= 4 is 17.6 Å². The van der Waals surface area contributed by atoms with Crippen molar-refractivity contribution in [2.45, 2.75) is 49.0 Å². The van der Waals surface area contributed by atoms with Crippen molar-refractivity contribution in [1.29, 1.82) is 0 Å². The average molecular weight is 662 g/mol. The molecule has 4 aromatic rings. The minimum absolute atomic E-state index is 0.00117. The van der Waals surface area contributed by atoms with Crippen LogP contribution in [0.15, 0.2) is 97.1 Å². The number of phenolic OH excluding ortho intramolecular Hbond substituents is 1. The van der Waals surface area contributed by atoms with Crippen LogP contribution in [0, 0.1) is 5.82 Å². The van der Waals surface area contributed by atoms with Gasteiger partial charge in [0.05, 0.1) is 6.61 Å². The highest BCUT2D eigenvalue weighted by molar-refractivity contribution is 6.05. The van der Waals surface area contributed by atoms with E-state index in [1.165, 1.54) is 47.4 Å². The van der Waals surface area contributed by atoms with E-state index in [1.807, 2.05) is 0 Å². The molecule has 0 saturated carbocycles. The quantitative estimate of drug-likeness (QED) is 0.137. The second-order valence-corrected chi connectivity index (χ2v) is 11.5. The van der Waals surface area contributed by atoms with Gasteiger partial charge in [0.1, 0.15) is 47.8 Å². The lowest BCUT2D eigenvalue weighted by Gasteiger charge is -2.47. The number of carboxylic acid groups (broad SMARTS) is 1. The summed E-state index contributed by atoms with van der Waals surface area (Å²) in [6.07, 6.45) is -11.8. The third-order valence-corrected chi connectivity index (χ3v) is 8.34. The van der Waals surface area contributed by atoms with Crippen LogP contribution in [0.4, 0.5) is 10.1 Å². The molecule has 0 radical (unpaired) electrons. The van der Waals surface area contributed by atoms with Crippen LogP contribution < -0.4 is 9.64 Å². The number of phenols is 1. The van der Waals surface area contributed by atoms with Crippen LogP contribution in [0.5, 0.6) is 11.5 Å². The van der Waals surface area contributed by atoms with Gasteiger partial charge < -0.3 is 44.8 Å². The van der Waals surface area contributed by atoms with Gasteiger partial charge in [0, 0.05) is 11.3 Å². The monoisotopic (exact) mass is 661 g/mol. The van der Waals surface area contributed by atoms with Gasteiger partial charge in [-0.25, -0.2) is 9.18 Å². The molecule has 48 heavy (non-hydrogen) atoms. The van der Waals surface area contributed by atoms with Gasteiger partial charge in [0.25, 0.3) is 5.91 Å². The van der Waals surface area contributed by atoms with Gasteiger partial charge in [-0.2, -0.15) is 0 Å². The van der Waals surface area contributed by atoms with Crippen molar-refractivity contribution in [3.63, 3.8) is 0 Å². The summed E-state index contributed by atoms with van der Waals surface area (Å²) in [6, 6.07) is 24.1. The number of halogens is 1. The summed E-state index contributed by atoms with van der Waals surface area (Å²) in [5.41, 5.74) is 2.29. The highest BCUT2D eigenvalue weighted by Gasteiger charge is 2.52. The second kappa shape index (κ2) is 13.7. The first-order valence-electron chi connectivity index (χ1n) is 15.0. The highest BCUT2D eigenvalue weighted by atomic mass is 19.1. The van der Waals surface area contributed by atoms with Crippen molar-refractivity contribution in [2.24, 2.45) is 0 Å². The van der Waals surface area contributed by atoms with Gasteiger partial charge in [-0.05, 0) is 59.2 Å². The predicted octanol–water partition coefficient (Wildman–Crippen LogP) is 2.68. The van der Waals surface area contributed by atoms with Crippen molar-refractivity contribution < 1.29 is 58.8 Å². The molecule has 6 N–H and O–H groups in total. The van der Waals surface area contributed by atoms with E-state index in [-0.39, 0.29) is 18.1 Å². The Labute approximate surface area is 273 Å². The molecule has 1 amide bonds. The van der Waals surface area contributed by atoms with E-state index in [1.54, 1.807) is 54.6 Å². The molecule has 0 bridgehead atoms. The summed E-state index contributed by atoms with van der Waals surface area (Å²) < 4.78 is 30.9. The van der Waals surface area contributed by atoms with E-state index in [2.05, 4.69) is 0 Å². The Bertz CT molecular complexity index is 1770. The first-order valence-corrected chi connectivity index (χ1v) is 15.0. The molecule has 4 aromatic carbocycles. The number of carbonyl (C=O) groups excluding carboxylic acids is 1. The van der Waals surface area contributed by atoms with Crippen LogP contribution in [0.1, 0.15) is 23.3 Å². The number of aliphatic carboxylic acids is 1. The van der Waals surface area contributed by atoms with E-state index in [9.17, 15) is 44.6 Å². The van der Waals surface area contributed by atoms with Crippen LogP contribution in [-0.2, 0) is 19.1 Å². The molecule has 0 spiro atoms. The first-order chi connectivity index (χ1) is 23.0. The molecule has 2 aliphatic rings. The van der Waals surface area contributed by atoms with Crippen molar-refractivity contribution in [2.75, 3.05) is 11.5 Å². The molecule has 4 unspecified atom stereocenters. The standard InChI is InChI=1S/C35H32FNO11/c36-21-12-9-18(10-13-21)25(39)17-46-31-27(37(33(31)43)22-6-2-1-3-7-22)24-14-11-20(19-5-4-8-23(38)15-19)16-26(24)47-35-30(42)28(40)29(41)32(48-35)34(44)45/h1-16,25,27-32,35,38-42H,17H2,(H,44,45)/t25-,27+,28?,29?,30?,31+,32?,35+/m0/s1. The molecule has 12 nitrogen and oxygen atoms in total. The Morgan fingerprint density at radius 1 is 0.875 bits per heavy atom. The minimum atomic E-state index is -1.95. The Balaban J connectivity index is 1.39. The molecular weight excluding hydrogens is 629 g/mol. The van der Waals surface area contributed by atoms with Gasteiger partial charge in [-0.3, -0.25) is 9.69 Å². The zero-order valence-electron chi connectivity index (χ0n) is 25.1. The maximum absolute atomic E-state index is 13.6. The molecule has 8 atom stereocenters. The second-order valence-electron chi connectivity index (χ2n) is 11.5. The number of aromatic hydroxyl groups is 1. The molecule has 6 rings (SSSR count). The van der Waals surface area contributed by atoms with Crippen molar-refractivity contribution in [3.8, 4) is 22.6 Å². The molecule has 0 aromatic heterocycles. The van der Waals surface area contributed by atoms with Crippen molar-refractivity contribution in [3.05, 3.63) is 114 Å². The van der Waals surface area contributed by atoms with Gasteiger partial charge in [0.2, 0.25) is 6.29 Å². The number of hydrogen-bond donors (Lipinski definition) is 6. The Hall–Kier alpha value is -4.89. The topological polar surface area (TPSA) is 186 Å².